The maximum Gasteiger partial charge on any atom is 0.332 e. The van der Waals surface area contributed by atoms with Crippen LogP contribution in [0, 0.1) is 0 Å². The van der Waals surface area contributed by atoms with E-state index in [1.165, 1.54) is 0 Å². The van der Waals surface area contributed by atoms with E-state index in [0.29, 0.717) is 26.2 Å². The van der Waals surface area contributed by atoms with Crippen LogP contribution >= 0.6 is 0 Å². The molecule has 1 fully saturated rings. The van der Waals surface area contributed by atoms with Crippen LogP contribution in [0.3, 0.4) is 0 Å². The molecule has 0 bridgehead atoms. The second kappa shape index (κ2) is 9.47. The number of unbranched alkanes of at least 4 members (excludes halogenated alkanes) is 1. The molecule has 1 rings (SSSR count). The van der Waals surface area contributed by atoms with Crippen molar-refractivity contribution in [3.63, 3.8) is 0 Å². The van der Waals surface area contributed by atoms with Crippen LogP contribution < -0.4 is 0 Å². The third-order valence-electron chi connectivity index (χ3n) is 3.23. The molecule has 1 amide bonds. The molecule has 1 atom stereocenters. The highest BCUT2D eigenvalue weighted by Gasteiger charge is 2.26. The van der Waals surface area contributed by atoms with Gasteiger partial charge in [-0.15, -0.1) is 0 Å². The van der Waals surface area contributed by atoms with E-state index in [0.717, 1.165) is 32.0 Å². The molecule has 0 spiro atoms. The lowest BCUT2D eigenvalue weighted by Crippen LogP contribution is -2.45. The summed E-state index contributed by atoms with van der Waals surface area (Å²) in [5.41, 5.74) is 0. The maximum absolute atomic E-state index is 11.7. The number of nitrogens with zero attached hydrogens (tertiary/aromatic N) is 1. The Bertz CT molecular complexity index is 332. The first-order valence-corrected chi connectivity index (χ1v) is 7.17. The fourth-order valence-electron chi connectivity index (χ4n) is 2.22. The summed E-state index contributed by atoms with van der Waals surface area (Å²) < 4.78 is 9.90. The average Bonchev–Trinajstić information content (AvgIpc) is 2.44. The fourth-order valence-corrected chi connectivity index (χ4v) is 2.22. The van der Waals surface area contributed by atoms with E-state index < -0.39 is 0 Å². The molecule has 114 valence electrons. The summed E-state index contributed by atoms with van der Waals surface area (Å²) >= 11 is 0. The lowest BCUT2D eigenvalue weighted by Gasteiger charge is -2.32. The van der Waals surface area contributed by atoms with Gasteiger partial charge in [-0.05, 0) is 32.6 Å². The Morgan fingerprint density at radius 2 is 2.25 bits per heavy atom. The first-order chi connectivity index (χ1) is 9.69. The Morgan fingerprint density at radius 1 is 1.45 bits per heavy atom. The minimum Gasteiger partial charge on any atom is -0.464 e. The molecule has 0 aromatic rings. The third-order valence-corrected chi connectivity index (χ3v) is 3.23. The maximum atomic E-state index is 11.7. The summed E-state index contributed by atoms with van der Waals surface area (Å²) in [5.74, 6) is -0.305. The molecule has 1 aliphatic rings. The molecule has 0 saturated carbocycles. The summed E-state index contributed by atoms with van der Waals surface area (Å²) in [4.78, 5) is 35.3. The van der Waals surface area contributed by atoms with Crippen molar-refractivity contribution in [1.29, 1.82) is 0 Å². The minimum atomic E-state index is -0.361. The lowest BCUT2D eigenvalue weighted by molar-refractivity contribution is -0.148. The Kier molecular flexibility index (Phi) is 7.87. The summed E-state index contributed by atoms with van der Waals surface area (Å²) in [5, 5.41) is 0. The molecule has 1 unspecified atom stereocenters. The Hall–Kier alpha value is -1.43. The zero-order chi connectivity index (χ0) is 14.8. The predicted molar refractivity (Wildman–Crippen MR) is 72.1 cm³/mol. The largest absolute Gasteiger partial charge is 0.464 e. The van der Waals surface area contributed by atoms with Crippen molar-refractivity contribution in [3.8, 4) is 0 Å². The van der Waals surface area contributed by atoms with E-state index in [-0.39, 0.29) is 24.5 Å². The van der Waals surface area contributed by atoms with E-state index in [9.17, 15) is 14.4 Å². The SMILES string of the molecule is CCOC(=O)COCCCCN1C(=O)CCCC1C=O. The normalized spacial score (nSPS) is 18.9. The number of esters is 1. The third kappa shape index (κ3) is 5.69. The van der Waals surface area contributed by atoms with Gasteiger partial charge in [0.1, 0.15) is 12.9 Å². The Labute approximate surface area is 119 Å². The second-order valence-electron chi connectivity index (χ2n) is 4.75. The fraction of sp³-hybridized carbons (Fsp3) is 0.786. The first-order valence-electron chi connectivity index (χ1n) is 7.17. The molecule has 20 heavy (non-hydrogen) atoms. The van der Waals surface area contributed by atoms with Crippen LogP contribution in [0.25, 0.3) is 0 Å². The van der Waals surface area contributed by atoms with E-state index in [2.05, 4.69) is 0 Å². The van der Waals surface area contributed by atoms with Crippen LogP contribution in [-0.4, -0.2) is 55.5 Å². The molecule has 0 radical (unpaired) electrons. The number of carbonyl (C=O) groups excluding carboxylic acids is 3. The topological polar surface area (TPSA) is 72.9 Å². The van der Waals surface area contributed by atoms with Gasteiger partial charge in [-0.2, -0.15) is 0 Å². The lowest BCUT2D eigenvalue weighted by atomic mass is 10.0. The molecule has 6 nitrogen and oxygen atoms in total. The minimum absolute atomic E-state index is 0.0343. The van der Waals surface area contributed by atoms with E-state index in [1.54, 1.807) is 11.8 Å². The van der Waals surface area contributed by atoms with Crippen molar-refractivity contribution in [2.45, 2.75) is 45.1 Å². The van der Waals surface area contributed by atoms with Gasteiger partial charge in [0.25, 0.3) is 0 Å². The highest BCUT2D eigenvalue weighted by Crippen LogP contribution is 2.17. The van der Waals surface area contributed by atoms with Gasteiger partial charge in [0, 0.05) is 19.6 Å². The number of amides is 1. The van der Waals surface area contributed by atoms with Gasteiger partial charge < -0.3 is 19.2 Å². The van der Waals surface area contributed by atoms with Gasteiger partial charge in [0.2, 0.25) is 5.91 Å². The van der Waals surface area contributed by atoms with Crippen LogP contribution in [0.1, 0.15) is 39.0 Å². The zero-order valence-electron chi connectivity index (χ0n) is 12.0. The quantitative estimate of drug-likeness (QED) is 0.358. The average molecular weight is 285 g/mol. The monoisotopic (exact) mass is 285 g/mol. The first kappa shape index (κ1) is 16.6. The molecular formula is C14H23NO5. The highest BCUT2D eigenvalue weighted by molar-refractivity contribution is 5.81. The van der Waals surface area contributed by atoms with Crippen molar-refractivity contribution in [2.24, 2.45) is 0 Å². The molecule has 1 heterocycles. The number of aldehydes is 1. The van der Waals surface area contributed by atoms with E-state index in [4.69, 9.17) is 9.47 Å². The van der Waals surface area contributed by atoms with Crippen LogP contribution in [0.15, 0.2) is 0 Å². The number of carbonyl (C=O) groups is 3. The Morgan fingerprint density at radius 3 is 2.95 bits per heavy atom. The number of ether oxygens (including phenoxy) is 2. The van der Waals surface area contributed by atoms with Gasteiger partial charge in [-0.25, -0.2) is 4.79 Å². The van der Waals surface area contributed by atoms with Crippen molar-refractivity contribution >= 4 is 18.2 Å². The molecule has 0 N–H and O–H groups in total. The summed E-state index contributed by atoms with van der Waals surface area (Å²) in [6.07, 6.45) is 4.45. The van der Waals surface area contributed by atoms with E-state index >= 15 is 0 Å². The van der Waals surface area contributed by atoms with Gasteiger partial charge in [-0.1, -0.05) is 0 Å². The molecule has 1 aliphatic heterocycles. The second-order valence-corrected chi connectivity index (χ2v) is 4.75. The van der Waals surface area contributed by atoms with Crippen LogP contribution in [0.5, 0.6) is 0 Å². The molecule has 0 aliphatic carbocycles. The summed E-state index contributed by atoms with van der Waals surface area (Å²) in [6, 6.07) is -0.267. The van der Waals surface area contributed by atoms with Gasteiger partial charge in [0.05, 0.1) is 12.6 Å². The smallest absolute Gasteiger partial charge is 0.332 e. The predicted octanol–water partition coefficient (Wildman–Crippen LogP) is 0.926. The van der Waals surface area contributed by atoms with Gasteiger partial charge >= 0.3 is 5.97 Å². The number of piperidine rings is 1. The molecule has 0 aromatic carbocycles. The van der Waals surface area contributed by atoms with Crippen molar-refractivity contribution in [3.05, 3.63) is 0 Å². The van der Waals surface area contributed by atoms with Crippen LogP contribution in [0.4, 0.5) is 0 Å². The molecule has 6 heteroatoms. The number of likely N-dealkylation sites (tertiary alicyclic amines) is 1. The highest BCUT2D eigenvalue weighted by atomic mass is 16.6. The Balaban J connectivity index is 2.12. The number of hydrogen-bond donors (Lipinski definition) is 0. The van der Waals surface area contributed by atoms with Gasteiger partial charge in [0.15, 0.2) is 0 Å². The summed E-state index contributed by atoms with van der Waals surface area (Å²) in [7, 11) is 0. The van der Waals surface area contributed by atoms with Crippen molar-refractivity contribution in [2.75, 3.05) is 26.4 Å². The van der Waals surface area contributed by atoms with Crippen molar-refractivity contribution < 1.29 is 23.9 Å². The molecule has 0 aromatic heterocycles. The number of rotatable bonds is 9. The molecular weight excluding hydrogens is 262 g/mol. The standard InChI is InChI=1S/C14H23NO5/c1-2-20-14(18)11-19-9-4-3-8-15-12(10-16)6-5-7-13(15)17/h10,12H,2-9,11H2,1H3. The number of hydrogen-bond acceptors (Lipinski definition) is 5. The molecule has 1 saturated heterocycles. The van der Waals surface area contributed by atoms with E-state index in [1.807, 2.05) is 0 Å². The zero-order valence-corrected chi connectivity index (χ0v) is 12.0. The van der Waals surface area contributed by atoms with Gasteiger partial charge in [-0.3, -0.25) is 4.79 Å². The van der Waals surface area contributed by atoms with Crippen LogP contribution in [0.2, 0.25) is 0 Å². The van der Waals surface area contributed by atoms with Crippen LogP contribution in [-0.2, 0) is 23.9 Å². The summed E-state index contributed by atoms with van der Waals surface area (Å²) in [6.45, 7) is 3.09. The van der Waals surface area contributed by atoms with Crippen molar-refractivity contribution in [1.82, 2.24) is 4.90 Å².